The molecule has 7 nitrogen and oxygen atoms in total. The molecule has 1 saturated heterocycles. The third-order valence-electron chi connectivity index (χ3n) is 5.76. The minimum Gasteiger partial charge on any atom is -0.482 e. The van der Waals surface area contributed by atoms with Crippen molar-refractivity contribution in [3.8, 4) is 22.9 Å². The van der Waals surface area contributed by atoms with E-state index in [0.717, 1.165) is 30.3 Å². The van der Waals surface area contributed by atoms with E-state index in [2.05, 4.69) is 15.6 Å². The maximum absolute atomic E-state index is 13.7. The molecule has 1 aliphatic heterocycles. The van der Waals surface area contributed by atoms with E-state index >= 15 is 0 Å². The minimum absolute atomic E-state index is 0.0208. The third kappa shape index (κ3) is 6.38. The maximum Gasteiger partial charge on any atom is 0.416 e. The van der Waals surface area contributed by atoms with Crippen molar-refractivity contribution >= 4 is 11.6 Å². The van der Waals surface area contributed by atoms with Gasteiger partial charge >= 0.3 is 6.18 Å². The number of alkyl halides is 3. The Morgan fingerprint density at radius 1 is 1.14 bits per heavy atom. The Bertz CT molecular complexity index is 1250. The molecular formula is C26H24F3N5O2. The van der Waals surface area contributed by atoms with E-state index in [4.69, 9.17) is 4.74 Å². The first kappa shape index (κ1) is 25.2. The first-order chi connectivity index (χ1) is 17.3. The van der Waals surface area contributed by atoms with Crippen LogP contribution in [0, 0.1) is 11.3 Å². The molecular weight excluding hydrogens is 471 g/mol. The van der Waals surface area contributed by atoms with Crippen molar-refractivity contribution in [1.82, 2.24) is 15.2 Å². The number of piperazine rings is 1. The SMILES string of the molecule is N#Cc1cc(-c2cccnc2)ccc1OCC(=O)Nc1ccc(CN2CCNCC2)c(C(F)(F)F)c1. The van der Waals surface area contributed by atoms with E-state index in [1.165, 1.54) is 12.1 Å². The van der Waals surface area contributed by atoms with Crippen LogP contribution < -0.4 is 15.4 Å². The largest absolute Gasteiger partial charge is 0.482 e. The van der Waals surface area contributed by atoms with E-state index in [0.29, 0.717) is 13.1 Å². The summed E-state index contributed by atoms with van der Waals surface area (Å²) in [5, 5.41) is 15.1. The van der Waals surface area contributed by atoms with Gasteiger partial charge in [0, 0.05) is 56.4 Å². The van der Waals surface area contributed by atoms with Crippen LogP contribution in [0.1, 0.15) is 16.7 Å². The van der Waals surface area contributed by atoms with Gasteiger partial charge in [-0.25, -0.2) is 0 Å². The number of carbonyl (C=O) groups is 1. The number of nitrogens with one attached hydrogen (secondary N) is 2. The molecule has 10 heteroatoms. The predicted molar refractivity (Wildman–Crippen MR) is 128 cm³/mol. The number of aromatic nitrogens is 1. The lowest BCUT2D eigenvalue weighted by atomic mass is 10.0. The zero-order valence-corrected chi connectivity index (χ0v) is 19.3. The summed E-state index contributed by atoms with van der Waals surface area (Å²) in [6.07, 6.45) is -1.25. The molecule has 0 radical (unpaired) electrons. The highest BCUT2D eigenvalue weighted by Crippen LogP contribution is 2.34. The fourth-order valence-corrected chi connectivity index (χ4v) is 3.96. The molecule has 0 unspecified atom stereocenters. The van der Waals surface area contributed by atoms with E-state index in [1.807, 2.05) is 17.0 Å². The summed E-state index contributed by atoms with van der Waals surface area (Å²) in [4.78, 5) is 18.4. The number of ether oxygens (including phenoxy) is 1. The Morgan fingerprint density at radius 2 is 1.94 bits per heavy atom. The van der Waals surface area contributed by atoms with Crippen LogP contribution in [-0.2, 0) is 17.5 Å². The number of hydrogen-bond donors (Lipinski definition) is 2. The molecule has 186 valence electrons. The van der Waals surface area contributed by atoms with Crippen molar-refractivity contribution in [3.63, 3.8) is 0 Å². The van der Waals surface area contributed by atoms with Crippen LogP contribution >= 0.6 is 0 Å². The van der Waals surface area contributed by atoms with E-state index in [1.54, 1.807) is 36.7 Å². The first-order valence-electron chi connectivity index (χ1n) is 11.3. The maximum atomic E-state index is 13.7. The smallest absolute Gasteiger partial charge is 0.416 e. The number of nitriles is 1. The van der Waals surface area contributed by atoms with Crippen LogP contribution in [0.3, 0.4) is 0 Å². The molecule has 36 heavy (non-hydrogen) atoms. The number of rotatable bonds is 7. The van der Waals surface area contributed by atoms with Gasteiger partial charge in [-0.1, -0.05) is 18.2 Å². The molecule has 2 N–H and O–H groups in total. The normalized spacial score (nSPS) is 14.2. The Morgan fingerprint density at radius 3 is 2.64 bits per heavy atom. The molecule has 1 aliphatic rings. The molecule has 1 aromatic heterocycles. The Hall–Kier alpha value is -3.94. The summed E-state index contributed by atoms with van der Waals surface area (Å²) in [6.45, 7) is 2.51. The van der Waals surface area contributed by atoms with Gasteiger partial charge in [0.05, 0.1) is 11.1 Å². The second-order valence-corrected chi connectivity index (χ2v) is 8.30. The Labute approximate surface area is 206 Å². The average Bonchev–Trinajstić information content (AvgIpc) is 2.89. The number of benzene rings is 2. The lowest BCUT2D eigenvalue weighted by molar-refractivity contribution is -0.138. The predicted octanol–water partition coefficient (Wildman–Crippen LogP) is 4.06. The average molecular weight is 496 g/mol. The fraction of sp³-hybridized carbons (Fsp3) is 0.269. The number of hydrogen-bond acceptors (Lipinski definition) is 6. The lowest BCUT2D eigenvalue weighted by Crippen LogP contribution is -2.43. The van der Waals surface area contributed by atoms with Crippen LogP contribution in [0.15, 0.2) is 60.9 Å². The highest BCUT2D eigenvalue weighted by Gasteiger charge is 2.34. The van der Waals surface area contributed by atoms with Crippen LogP contribution in [0.5, 0.6) is 5.75 Å². The molecule has 0 bridgehead atoms. The molecule has 0 saturated carbocycles. The topological polar surface area (TPSA) is 90.3 Å². The lowest BCUT2D eigenvalue weighted by Gasteiger charge is -2.28. The first-order valence-corrected chi connectivity index (χ1v) is 11.3. The van der Waals surface area contributed by atoms with E-state index in [-0.39, 0.29) is 29.1 Å². The highest BCUT2D eigenvalue weighted by molar-refractivity contribution is 5.92. The summed E-state index contributed by atoms with van der Waals surface area (Å²) in [7, 11) is 0. The van der Waals surface area contributed by atoms with Gasteiger partial charge in [-0.05, 0) is 41.5 Å². The summed E-state index contributed by atoms with van der Waals surface area (Å²) in [5.41, 5.74) is 1.20. The summed E-state index contributed by atoms with van der Waals surface area (Å²) in [6, 6.07) is 14.4. The molecule has 3 aromatic rings. The van der Waals surface area contributed by atoms with Crippen molar-refractivity contribution in [1.29, 1.82) is 5.26 Å². The molecule has 2 aromatic carbocycles. The number of halogens is 3. The number of pyridine rings is 1. The van der Waals surface area contributed by atoms with E-state index < -0.39 is 24.3 Å². The molecule has 1 amide bonds. The molecule has 0 aliphatic carbocycles. The van der Waals surface area contributed by atoms with Gasteiger partial charge in [-0.3, -0.25) is 14.7 Å². The summed E-state index contributed by atoms with van der Waals surface area (Å²) >= 11 is 0. The molecule has 4 rings (SSSR count). The van der Waals surface area contributed by atoms with Gasteiger partial charge in [0.1, 0.15) is 11.8 Å². The second kappa shape index (κ2) is 11.2. The quantitative estimate of drug-likeness (QED) is 0.514. The Kier molecular flexibility index (Phi) is 7.83. The van der Waals surface area contributed by atoms with E-state index in [9.17, 15) is 23.2 Å². The van der Waals surface area contributed by atoms with Crippen LogP contribution in [0.25, 0.3) is 11.1 Å². The number of anilines is 1. The standard InChI is InChI=1S/C26H24F3N5O2/c27-26(28,29)23-13-22(5-3-20(23)16-34-10-8-31-9-11-34)33-25(35)17-36-24-6-4-18(12-21(24)14-30)19-2-1-7-32-15-19/h1-7,12-13,15,31H,8-11,16-17H2,(H,33,35). The van der Waals surface area contributed by atoms with Crippen molar-refractivity contribution in [2.45, 2.75) is 12.7 Å². The van der Waals surface area contributed by atoms with Gasteiger partial charge in [0.15, 0.2) is 6.61 Å². The van der Waals surface area contributed by atoms with Crippen molar-refractivity contribution in [3.05, 3.63) is 77.6 Å². The molecule has 0 spiro atoms. The van der Waals surface area contributed by atoms with Gasteiger partial charge < -0.3 is 15.4 Å². The van der Waals surface area contributed by atoms with Gasteiger partial charge in [0.2, 0.25) is 0 Å². The van der Waals surface area contributed by atoms with Gasteiger partial charge in [0.25, 0.3) is 5.91 Å². The number of amides is 1. The van der Waals surface area contributed by atoms with Crippen LogP contribution in [0.2, 0.25) is 0 Å². The van der Waals surface area contributed by atoms with Crippen molar-refractivity contribution in [2.75, 3.05) is 38.1 Å². The molecule has 2 heterocycles. The monoisotopic (exact) mass is 495 g/mol. The third-order valence-corrected chi connectivity index (χ3v) is 5.76. The molecule has 1 fully saturated rings. The van der Waals surface area contributed by atoms with Gasteiger partial charge in [-0.15, -0.1) is 0 Å². The second-order valence-electron chi connectivity index (χ2n) is 8.30. The minimum atomic E-state index is -4.56. The van der Waals surface area contributed by atoms with Crippen molar-refractivity contribution < 1.29 is 22.7 Å². The zero-order valence-electron chi connectivity index (χ0n) is 19.3. The van der Waals surface area contributed by atoms with Crippen LogP contribution in [-0.4, -0.2) is 48.6 Å². The number of carbonyl (C=O) groups excluding carboxylic acids is 1. The molecule has 0 atom stereocenters. The summed E-state index contributed by atoms with van der Waals surface area (Å²) in [5.74, 6) is -0.444. The fourth-order valence-electron chi connectivity index (χ4n) is 3.96. The highest BCUT2D eigenvalue weighted by atomic mass is 19.4. The van der Waals surface area contributed by atoms with Crippen molar-refractivity contribution in [2.24, 2.45) is 0 Å². The van der Waals surface area contributed by atoms with Crippen LogP contribution in [0.4, 0.5) is 18.9 Å². The number of nitrogens with zero attached hydrogens (tertiary/aromatic N) is 3. The summed E-state index contributed by atoms with van der Waals surface area (Å²) < 4.78 is 46.7. The van der Waals surface area contributed by atoms with Gasteiger partial charge in [-0.2, -0.15) is 18.4 Å². The zero-order chi connectivity index (χ0) is 25.5. The Balaban J connectivity index is 1.42.